The molecule has 1 aromatic heterocycles. The monoisotopic (exact) mass is 790 g/mol. The first-order chi connectivity index (χ1) is 27.3. The number of aromatic carboxylic acids is 1. The van der Waals surface area contributed by atoms with Crippen molar-refractivity contribution in [2.75, 3.05) is 42.9 Å². The molecule has 0 spiro atoms. The number of hydrogen-bond donors (Lipinski definition) is 4. The van der Waals surface area contributed by atoms with E-state index in [0.717, 1.165) is 18.9 Å². The van der Waals surface area contributed by atoms with Crippen LogP contribution in [-0.4, -0.2) is 82.9 Å². The van der Waals surface area contributed by atoms with Gasteiger partial charge in [-0.2, -0.15) is 0 Å². The van der Waals surface area contributed by atoms with Crippen molar-refractivity contribution < 1.29 is 43.0 Å². The van der Waals surface area contributed by atoms with Crippen LogP contribution in [0.4, 0.5) is 25.4 Å². The third kappa shape index (κ3) is 9.96. The van der Waals surface area contributed by atoms with Gasteiger partial charge in [0, 0.05) is 75.3 Å². The lowest BCUT2D eigenvalue weighted by Crippen LogP contribution is -2.49. The van der Waals surface area contributed by atoms with Gasteiger partial charge in [0.2, 0.25) is 11.3 Å². The molecule has 4 amide bonds. The molecule has 0 unspecified atom stereocenters. The molecule has 16 heteroatoms. The van der Waals surface area contributed by atoms with Gasteiger partial charge in [-0.1, -0.05) is 31.9 Å². The number of nitrogens with zero attached hydrogens (tertiary/aromatic N) is 3. The highest BCUT2D eigenvalue weighted by Crippen LogP contribution is 2.43. The summed E-state index contributed by atoms with van der Waals surface area (Å²) in [6.07, 6.45) is 4.86. The largest absolute Gasteiger partial charge is 0.477 e. The molecule has 1 aliphatic heterocycles. The van der Waals surface area contributed by atoms with Gasteiger partial charge in [-0.15, -0.1) is 0 Å². The van der Waals surface area contributed by atoms with E-state index < -0.39 is 46.2 Å². The molecule has 2 fully saturated rings. The number of ether oxygens (including phenoxy) is 1. The van der Waals surface area contributed by atoms with Crippen molar-refractivity contribution in [2.24, 2.45) is 17.1 Å². The Morgan fingerprint density at radius 1 is 0.982 bits per heavy atom. The maximum absolute atomic E-state index is 15.3. The molecule has 0 bridgehead atoms. The zero-order valence-corrected chi connectivity index (χ0v) is 32.4. The second kappa shape index (κ2) is 18.9. The van der Waals surface area contributed by atoms with Gasteiger partial charge in [0.25, 0.3) is 0 Å². The molecular formula is C41H51FN6O9. The number of carboxylic acid groups (broad SMARTS) is 1. The zero-order valence-electron chi connectivity index (χ0n) is 32.4. The lowest BCUT2D eigenvalue weighted by molar-refractivity contribution is -0.142. The first kappa shape index (κ1) is 42.3. The molecule has 57 heavy (non-hydrogen) atoms. The highest BCUT2D eigenvalue weighted by Gasteiger charge is 2.47. The van der Waals surface area contributed by atoms with Crippen molar-refractivity contribution >= 4 is 57.8 Å². The molecule has 3 aromatic rings. The average molecular weight is 791 g/mol. The summed E-state index contributed by atoms with van der Waals surface area (Å²) in [6, 6.07) is 8.65. The molecule has 5 rings (SSSR count). The average Bonchev–Trinajstić information content (AvgIpc) is 3.70. The fourth-order valence-corrected chi connectivity index (χ4v) is 7.81. The first-order valence-electron chi connectivity index (χ1n) is 19.5. The third-order valence-electron chi connectivity index (χ3n) is 11.0. The molecule has 2 aliphatic rings. The van der Waals surface area contributed by atoms with Crippen molar-refractivity contribution in [3.05, 3.63) is 69.8 Å². The molecule has 0 radical (unpaired) electrons. The summed E-state index contributed by atoms with van der Waals surface area (Å²) < 4.78 is 22.5. The Morgan fingerprint density at radius 3 is 2.28 bits per heavy atom. The third-order valence-corrected chi connectivity index (χ3v) is 11.0. The van der Waals surface area contributed by atoms with E-state index in [-0.39, 0.29) is 61.2 Å². The minimum atomic E-state index is -1.38. The van der Waals surface area contributed by atoms with Gasteiger partial charge in [0.1, 0.15) is 29.6 Å². The minimum absolute atomic E-state index is 0.0215. The predicted molar refractivity (Wildman–Crippen MR) is 211 cm³/mol. The van der Waals surface area contributed by atoms with Gasteiger partial charge in [-0.3, -0.25) is 19.2 Å². The SMILES string of the molecule is CCCC(=O)C1(C(=O)C[C@@H](CCCNC(N)=O)C(=O)Nc2ccc(COC(=O)N3CCN(c4cc5c(cc4F)c(=O)c(C(=O)O)cn5CC)CC3)cc2)CCCC1. The second-order valence-corrected chi connectivity index (χ2v) is 14.7. The van der Waals surface area contributed by atoms with Crippen LogP contribution in [0, 0.1) is 17.2 Å². The van der Waals surface area contributed by atoms with Crippen LogP contribution >= 0.6 is 0 Å². The predicted octanol–water partition coefficient (Wildman–Crippen LogP) is 5.21. The van der Waals surface area contributed by atoms with Gasteiger partial charge >= 0.3 is 18.1 Å². The Labute approximate surface area is 329 Å². The minimum Gasteiger partial charge on any atom is -0.477 e. The fourth-order valence-electron chi connectivity index (χ4n) is 7.81. The van der Waals surface area contributed by atoms with Crippen LogP contribution in [0.15, 0.2) is 47.4 Å². The second-order valence-electron chi connectivity index (χ2n) is 14.7. The van der Waals surface area contributed by atoms with Crippen LogP contribution in [0.2, 0.25) is 0 Å². The number of anilines is 2. The highest BCUT2D eigenvalue weighted by atomic mass is 19.1. The maximum Gasteiger partial charge on any atom is 0.410 e. The van der Waals surface area contributed by atoms with Crippen molar-refractivity contribution in [1.29, 1.82) is 0 Å². The van der Waals surface area contributed by atoms with E-state index in [2.05, 4.69) is 10.6 Å². The van der Waals surface area contributed by atoms with E-state index in [0.29, 0.717) is 74.9 Å². The topological polar surface area (TPSA) is 210 Å². The van der Waals surface area contributed by atoms with Crippen LogP contribution in [0.1, 0.15) is 87.6 Å². The van der Waals surface area contributed by atoms with Crippen molar-refractivity contribution in [3.63, 3.8) is 0 Å². The number of rotatable bonds is 17. The summed E-state index contributed by atoms with van der Waals surface area (Å²) in [5, 5.41) is 14.8. The number of aromatic nitrogens is 1. The number of fused-ring (bicyclic) bond motifs is 1. The van der Waals surface area contributed by atoms with Gasteiger partial charge in [-0.05, 0) is 68.9 Å². The number of urea groups is 1. The lowest BCUT2D eigenvalue weighted by atomic mass is 9.73. The molecule has 1 saturated carbocycles. The number of ketones is 2. The number of carbonyl (C=O) groups excluding carboxylic acids is 5. The molecule has 5 N–H and O–H groups in total. The molecule has 2 aromatic carbocycles. The van der Waals surface area contributed by atoms with E-state index >= 15 is 4.39 Å². The summed E-state index contributed by atoms with van der Waals surface area (Å²) >= 11 is 0. The van der Waals surface area contributed by atoms with Gasteiger partial charge < -0.3 is 40.6 Å². The van der Waals surface area contributed by atoms with Gasteiger partial charge in [-0.25, -0.2) is 18.8 Å². The number of halogens is 1. The summed E-state index contributed by atoms with van der Waals surface area (Å²) in [6.45, 7) is 5.33. The maximum atomic E-state index is 15.3. The first-order valence-corrected chi connectivity index (χ1v) is 19.5. The van der Waals surface area contributed by atoms with Crippen molar-refractivity contribution in [3.8, 4) is 0 Å². The number of nitrogens with two attached hydrogens (primary N) is 1. The Kier molecular flexibility index (Phi) is 14.0. The molecule has 1 aliphatic carbocycles. The number of nitrogens with one attached hydrogen (secondary N) is 2. The number of amides is 4. The molecule has 2 heterocycles. The van der Waals surface area contributed by atoms with Gasteiger partial charge in [0.05, 0.1) is 16.6 Å². The number of carboxylic acids is 1. The number of Topliss-reactive ketones (excluding diaryl/α,β-unsaturated/α-hetero) is 2. The van der Waals surface area contributed by atoms with E-state index in [1.165, 1.54) is 17.2 Å². The number of piperazine rings is 1. The number of benzene rings is 2. The Hall–Kier alpha value is -5.80. The van der Waals surface area contributed by atoms with E-state index in [4.69, 9.17) is 10.5 Å². The normalized spacial score (nSPS) is 15.6. The Bertz CT molecular complexity index is 2050. The van der Waals surface area contributed by atoms with Crippen LogP contribution in [0.5, 0.6) is 0 Å². The quantitative estimate of drug-likeness (QED) is 0.104. The lowest BCUT2D eigenvalue weighted by Gasteiger charge is -2.35. The molecule has 306 valence electrons. The van der Waals surface area contributed by atoms with Crippen LogP contribution < -0.4 is 26.7 Å². The fraction of sp³-hybridized carbons (Fsp3) is 0.488. The molecule has 1 saturated heterocycles. The molecule has 1 atom stereocenters. The van der Waals surface area contributed by atoms with E-state index in [1.807, 2.05) is 6.92 Å². The van der Waals surface area contributed by atoms with Crippen molar-refractivity contribution in [2.45, 2.75) is 84.8 Å². The van der Waals surface area contributed by atoms with Crippen molar-refractivity contribution in [1.82, 2.24) is 14.8 Å². The summed E-state index contributed by atoms with van der Waals surface area (Å²) in [5.41, 5.74) is 4.73. The molecule has 15 nitrogen and oxygen atoms in total. The van der Waals surface area contributed by atoms with Gasteiger partial charge in [0.15, 0.2) is 0 Å². The molecular weight excluding hydrogens is 739 g/mol. The van der Waals surface area contributed by atoms with E-state index in [9.17, 15) is 38.7 Å². The highest BCUT2D eigenvalue weighted by molar-refractivity contribution is 6.08. The number of primary amides is 1. The number of pyridine rings is 1. The number of hydrogen-bond acceptors (Lipinski definition) is 9. The Balaban J connectivity index is 1.16. The summed E-state index contributed by atoms with van der Waals surface area (Å²) in [4.78, 5) is 92.1. The van der Waals surface area contributed by atoms with Crippen LogP contribution in [0.3, 0.4) is 0 Å². The number of aryl methyl sites for hydroxylation is 1. The number of carbonyl (C=O) groups is 6. The van der Waals surface area contributed by atoms with Crippen LogP contribution in [0.25, 0.3) is 10.9 Å². The Morgan fingerprint density at radius 2 is 1.67 bits per heavy atom. The van der Waals surface area contributed by atoms with E-state index in [1.54, 1.807) is 40.7 Å². The summed E-state index contributed by atoms with van der Waals surface area (Å²) in [7, 11) is 0. The zero-order chi connectivity index (χ0) is 41.3. The van der Waals surface area contributed by atoms with Crippen LogP contribution in [-0.2, 0) is 32.3 Å². The smallest absolute Gasteiger partial charge is 0.410 e. The summed E-state index contributed by atoms with van der Waals surface area (Å²) in [5.74, 6) is -3.42. The standard InChI is InChI=1S/C41H51FN6O9/c1-3-8-34(49)41(14-5-6-15-41)35(50)21-27(9-7-16-44-39(43)55)37(52)45-28-12-10-26(11-13-28)25-57-40(56)48-19-17-47(18-20-48)33-23-32-29(22-31(33)42)36(51)30(38(53)54)24-46(32)4-2/h10-13,22-24,27H,3-9,14-21,25H2,1-2H3,(H,45,52)(H,53,54)(H3,43,44,55)/t27-/m1/s1.